The highest BCUT2D eigenvalue weighted by Gasteiger charge is 2.40. The first kappa shape index (κ1) is 28.4. The van der Waals surface area contributed by atoms with Crippen LogP contribution in [0.15, 0.2) is 41.4 Å². The van der Waals surface area contributed by atoms with Crippen LogP contribution in [0.2, 0.25) is 0 Å². The molecular formula is C28H33F3N4O2S2. The van der Waals surface area contributed by atoms with Gasteiger partial charge < -0.3 is 9.84 Å². The van der Waals surface area contributed by atoms with Crippen molar-refractivity contribution in [2.24, 2.45) is 4.99 Å². The number of aliphatic hydroxyl groups excluding tert-OH is 1. The molecule has 210 valence electrons. The highest BCUT2D eigenvalue weighted by molar-refractivity contribution is 8.01. The quantitative estimate of drug-likeness (QED) is 0.378. The minimum atomic E-state index is -4.41. The van der Waals surface area contributed by atoms with Crippen LogP contribution < -0.4 is 4.74 Å². The van der Waals surface area contributed by atoms with E-state index in [4.69, 9.17) is 4.74 Å². The zero-order chi connectivity index (χ0) is 27.8. The molecule has 0 radical (unpaired) electrons. The average Bonchev–Trinajstić information content (AvgIpc) is 3.44. The van der Waals surface area contributed by atoms with Crippen LogP contribution in [-0.2, 0) is 6.18 Å². The van der Waals surface area contributed by atoms with Gasteiger partial charge in [0.25, 0.3) is 0 Å². The number of aliphatic hydroxyl groups is 1. The number of aliphatic imine (C=N–C) groups is 1. The Bertz CT molecular complexity index is 1340. The number of halogens is 3. The lowest BCUT2D eigenvalue weighted by Crippen LogP contribution is -2.52. The Balaban J connectivity index is 1.08. The predicted octanol–water partition coefficient (Wildman–Crippen LogP) is 5.56. The van der Waals surface area contributed by atoms with Gasteiger partial charge in [0.2, 0.25) is 0 Å². The van der Waals surface area contributed by atoms with Gasteiger partial charge in [-0.15, -0.1) is 23.1 Å². The number of β-amino-alcohol motifs (C(OH)–C–C–N with tert-alkyl or cyclic N) is 1. The smallest absolute Gasteiger partial charge is 0.416 e. The van der Waals surface area contributed by atoms with Crippen LogP contribution in [0, 0.1) is 13.8 Å². The molecule has 2 aliphatic heterocycles. The standard InChI is InChI=1S/C28H33F3N4O2S2/c1-18-4-6-22(23(12-18)28(29,30)31)26-32-16-27(3,39-26)17-35-10-8-34(9-11-35)14-20(36)15-37-21-5-7-25-24(13-21)33-19(2)38-25/h4-7,12-13,16,20,26,36H,8-11,14-15,17H2,1-3H3/t20-,26?,27?/m1/s1. The van der Waals surface area contributed by atoms with Crippen LogP contribution in [0.4, 0.5) is 13.2 Å². The van der Waals surface area contributed by atoms with Crippen LogP contribution in [-0.4, -0.2) is 82.8 Å². The van der Waals surface area contributed by atoms with Crippen molar-refractivity contribution in [3.8, 4) is 5.75 Å². The number of thioether (sulfide) groups is 1. The molecule has 3 atom stereocenters. The number of fused-ring (bicyclic) bond motifs is 1. The molecule has 1 aromatic heterocycles. The van der Waals surface area contributed by atoms with Gasteiger partial charge in [-0.05, 0) is 44.5 Å². The monoisotopic (exact) mass is 578 g/mol. The lowest BCUT2D eigenvalue weighted by atomic mass is 10.0. The molecule has 0 aliphatic carbocycles. The molecule has 2 aromatic carbocycles. The number of rotatable bonds is 8. The summed E-state index contributed by atoms with van der Waals surface area (Å²) in [5.41, 5.74) is 1.12. The lowest BCUT2D eigenvalue weighted by molar-refractivity contribution is -0.138. The van der Waals surface area contributed by atoms with E-state index in [0.29, 0.717) is 24.4 Å². The summed E-state index contributed by atoms with van der Waals surface area (Å²) in [6.07, 6.45) is -3.20. The fourth-order valence-corrected chi connectivity index (χ4v) is 7.27. The summed E-state index contributed by atoms with van der Waals surface area (Å²) >= 11 is 3.12. The molecule has 6 nitrogen and oxygen atoms in total. The molecule has 5 rings (SSSR count). The van der Waals surface area contributed by atoms with Gasteiger partial charge in [0, 0.05) is 51.5 Å². The maximum Gasteiger partial charge on any atom is 0.416 e. The molecule has 3 heterocycles. The third kappa shape index (κ3) is 6.94. The maximum atomic E-state index is 13.7. The molecule has 1 saturated heterocycles. The van der Waals surface area contributed by atoms with Crippen molar-refractivity contribution < 1.29 is 23.0 Å². The number of alkyl halides is 3. The van der Waals surface area contributed by atoms with Crippen LogP contribution in [0.3, 0.4) is 0 Å². The first-order valence-electron chi connectivity index (χ1n) is 13.0. The fourth-order valence-electron chi connectivity index (χ4n) is 5.12. The fraction of sp³-hybridized carbons (Fsp3) is 0.500. The van der Waals surface area contributed by atoms with E-state index in [1.165, 1.54) is 17.8 Å². The Labute approximate surface area is 234 Å². The summed E-state index contributed by atoms with van der Waals surface area (Å²) < 4.78 is 47.6. The summed E-state index contributed by atoms with van der Waals surface area (Å²) in [7, 11) is 0. The summed E-state index contributed by atoms with van der Waals surface area (Å²) in [6.45, 7) is 10.4. The molecule has 2 unspecified atom stereocenters. The SMILES string of the molecule is Cc1ccc(C2N=CC(C)(CN3CCN(C[C@@H](O)COc4ccc5sc(C)nc5c4)CC3)S2)c(C(F)(F)F)c1. The zero-order valence-electron chi connectivity index (χ0n) is 22.2. The van der Waals surface area contributed by atoms with Crippen molar-refractivity contribution in [3.63, 3.8) is 0 Å². The molecule has 1 fully saturated rings. The van der Waals surface area contributed by atoms with E-state index in [1.807, 2.05) is 38.3 Å². The average molecular weight is 579 g/mol. The van der Waals surface area contributed by atoms with Gasteiger partial charge in [0.15, 0.2) is 0 Å². The number of benzene rings is 2. The van der Waals surface area contributed by atoms with Crippen molar-refractivity contribution in [1.82, 2.24) is 14.8 Å². The molecule has 0 bridgehead atoms. The second kappa shape index (κ2) is 11.4. The van der Waals surface area contributed by atoms with Gasteiger partial charge in [-0.25, -0.2) is 4.98 Å². The first-order chi connectivity index (χ1) is 18.5. The Morgan fingerprint density at radius 3 is 2.59 bits per heavy atom. The van der Waals surface area contributed by atoms with Gasteiger partial charge in [0.05, 0.1) is 25.5 Å². The van der Waals surface area contributed by atoms with Crippen LogP contribution in [0.25, 0.3) is 10.2 Å². The number of aryl methyl sites for hydroxylation is 2. The Morgan fingerprint density at radius 2 is 1.85 bits per heavy atom. The Morgan fingerprint density at radius 1 is 1.10 bits per heavy atom. The third-order valence-electron chi connectivity index (χ3n) is 7.02. The van der Waals surface area contributed by atoms with E-state index in [-0.39, 0.29) is 16.9 Å². The number of ether oxygens (including phenoxy) is 1. The van der Waals surface area contributed by atoms with Crippen molar-refractivity contribution >= 4 is 39.5 Å². The van der Waals surface area contributed by atoms with E-state index < -0.39 is 23.2 Å². The number of aromatic nitrogens is 1. The maximum absolute atomic E-state index is 13.7. The molecule has 2 aliphatic rings. The van der Waals surface area contributed by atoms with Crippen molar-refractivity contribution in [2.75, 3.05) is 45.9 Å². The second-order valence-corrected chi connectivity index (χ2v) is 13.4. The number of hydrogen-bond acceptors (Lipinski definition) is 8. The molecule has 11 heteroatoms. The highest BCUT2D eigenvalue weighted by atomic mass is 32.2. The van der Waals surface area contributed by atoms with Gasteiger partial charge in [-0.2, -0.15) is 13.2 Å². The molecule has 39 heavy (non-hydrogen) atoms. The van der Waals surface area contributed by atoms with Crippen molar-refractivity contribution in [3.05, 3.63) is 58.1 Å². The van der Waals surface area contributed by atoms with Crippen molar-refractivity contribution in [1.29, 1.82) is 0 Å². The number of piperazine rings is 1. The predicted molar refractivity (Wildman–Crippen MR) is 152 cm³/mol. The van der Waals surface area contributed by atoms with Gasteiger partial charge in [-0.3, -0.25) is 14.8 Å². The minimum Gasteiger partial charge on any atom is -0.491 e. The summed E-state index contributed by atoms with van der Waals surface area (Å²) in [5.74, 6) is 0.701. The minimum absolute atomic E-state index is 0.209. The molecular weight excluding hydrogens is 545 g/mol. The zero-order valence-corrected chi connectivity index (χ0v) is 23.9. The molecule has 0 spiro atoms. The Kier molecular flexibility index (Phi) is 8.26. The first-order valence-corrected chi connectivity index (χ1v) is 14.7. The van der Waals surface area contributed by atoms with E-state index >= 15 is 0 Å². The molecule has 0 amide bonds. The van der Waals surface area contributed by atoms with E-state index in [0.717, 1.165) is 41.4 Å². The van der Waals surface area contributed by atoms with E-state index in [9.17, 15) is 18.3 Å². The Hall–Kier alpha value is -2.18. The van der Waals surface area contributed by atoms with Gasteiger partial charge in [0.1, 0.15) is 23.8 Å². The third-order valence-corrected chi connectivity index (χ3v) is 9.35. The number of thiazole rings is 1. The van der Waals surface area contributed by atoms with Crippen molar-refractivity contribution in [2.45, 2.75) is 43.2 Å². The topological polar surface area (TPSA) is 61.2 Å². The largest absolute Gasteiger partial charge is 0.491 e. The lowest BCUT2D eigenvalue weighted by Gasteiger charge is -2.38. The van der Waals surface area contributed by atoms with Gasteiger partial charge in [-0.1, -0.05) is 17.7 Å². The summed E-state index contributed by atoms with van der Waals surface area (Å²) in [5, 5.41) is 11.0. The van der Waals surface area contributed by atoms with Crippen LogP contribution in [0.1, 0.15) is 34.0 Å². The van der Waals surface area contributed by atoms with Gasteiger partial charge >= 0.3 is 6.18 Å². The molecule has 0 saturated carbocycles. The highest BCUT2D eigenvalue weighted by Crippen LogP contribution is 2.48. The number of nitrogens with zero attached hydrogens (tertiary/aromatic N) is 4. The van der Waals surface area contributed by atoms with E-state index in [2.05, 4.69) is 19.8 Å². The summed E-state index contributed by atoms with van der Waals surface area (Å²) in [6, 6.07) is 10.3. The molecule has 1 N–H and O–H groups in total. The van der Waals surface area contributed by atoms with E-state index in [1.54, 1.807) is 30.4 Å². The second-order valence-electron chi connectivity index (χ2n) is 10.6. The molecule has 3 aromatic rings. The van der Waals surface area contributed by atoms with Crippen LogP contribution >= 0.6 is 23.1 Å². The number of hydrogen-bond donors (Lipinski definition) is 1. The normalized spacial score (nSPS) is 23.5. The van der Waals surface area contributed by atoms with Crippen LogP contribution in [0.5, 0.6) is 5.75 Å². The summed E-state index contributed by atoms with van der Waals surface area (Å²) in [4.78, 5) is 13.5.